The van der Waals surface area contributed by atoms with Gasteiger partial charge in [0.2, 0.25) is 0 Å². The fraction of sp³-hybridized carbons (Fsp3) is 1.00. The van der Waals surface area contributed by atoms with Crippen LogP contribution in [0, 0.1) is 29.1 Å². The van der Waals surface area contributed by atoms with Gasteiger partial charge < -0.3 is 0 Å². The molecule has 0 bridgehead atoms. The normalized spacial score (nSPS) is 30.5. The Bertz CT molecular complexity index is 230. The van der Waals surface area contributed by atoms with E-state index in [1.807, 2.05) is 0 Å². The zero-order valence-electron chi connectivity index (χ0n) is 13.8. The highest BCUT2D eigenvalue weighted by molar-refractivity contribution is 4.99. The van der Waals surface area contributed by atoms with Crippen LogP contribution >= 0.6 is 0 Å². The summed E-state index contributed by atoms with van der Waals surface area (Å²) in [5.41, 5.74) is 0.692. The van der Waals surface area contributed by atoms with E-state index in [2.05, 4.69) is 41.5 Å². The summed E-state index contributed by atoms with van der Waals surface area (Å²) in [5.74, 6) is 3.74. The fourth-order valence-corrected chi connectivity index (χ4v) is 3.34. The van der Waals surface area contributed by atoms with Crippen LogP contribution in [0.1, 0.15) is 86.5 Å². The average Bonchev–Trinajstić information content (AvgIpc) is 2.91. The van der Waals surface area contributed by atoms with Crippen LogP contribution in [-0.2, 0) is 0 Å². The van der Waals surface area contributed by atoms with Crippen LogP contribution < -0.4 is 0 Å². The lowest BCUT2D eigenvalue weighted by Crippen LogP contribution is -2.12. The maximum absolute atomic E-state index is 2.50. The molecule has 0 aromatic rings. The molecule has 0 spiro atoms. The van der Waals surface area contributed by atoms with Gasteiger partial charge in [0.25, 0.3) is 0 Å². The quantitative estimate of drug-likeness (QED) is 0.422. The van der Waals surface area contributed by atoms with Crippen molar-refractivity contribution in [3.8, 4) is 0 Å². The largest absolute Gasteiger partial charge is 0.0628 e. The maximum atomic E-state index is 2.50. The molecule has 0 heteroatoms. The summed E-state index contributed by atoms with van der Waals surface area (Å²) < 4.78 is 0. The number of hydrogen-bond acceptors (Lipinski definition) is 0. The van der Waals surface area contributed by atoms with Crippen molar-refractivity contribution in [1.82, 2.24) is 0 Å². The molecule has 1 fully saturated rings. The van der Waals surface area contributed by atoms with E-state index in [4.69, 9.17) is 0 Å². The van der Waals surface area contributed by atoms with E-state index in [-0.39, 0.29) is 0 Å². The minimum absolute atomic E-state index is 0.692. The zero-order chi connectivity index (χ0) is 13.8. The topological polar surface area (TPSA) is 0 Å². The SMILES string of the molecule is CC(C)CCCCC(C)CCC(C)C1(C)CC1C. The summed E-state index contributed by atoms with van der Waals surface area (Å²) in [4.78, 5) is 0. The predicted molar refractivity (Wildman–Crippen MR) is 82.8 cm³/mol. The Morgan fingerprint density at radius 2 is 1.50 bits per heavy atom. The highest BCUT2D eigenvalue weighted by Gasteiger charge is 2.49. The average molecular weight is 252 g/mol. The molecular formula is C18H36. The van der Waals surface area contributed by atoms with Gasteiger partial charge in [0, 0.05) is 0 Å². The lowest BCUT2D eigenvalue weighted by Gasteiger charge is -2.22. The molecule has 0 N–H and O–H groups in total. The van der Waals surface area contributed by atoms with Crippen LogP contribution in [0.25, 0.3) is 0 Å². The smallest absolute Gasteiger partial charge is 0.0272 e. The molecule has 0 nitrogen and oxygen atoms in total. The van der Waals surface area contributed by atoms with Gasteiger partial charge in [-0.25, -0.2) is 0 Å². The molecule has 0 amide bonds. The van der Waals surface area contributed by atoms with Crippen LogP contribution in [-0.4, -0.2) is 0 Å². The Hall–Kier alpha value is 0. The molecule has 1 aliphatic carbocycles. The van der Waals surface area contributed by atoms with Gasteiger partial charge in [-0.15, -0.1) is 0 Å². The Labute approximate surface area is 116 Å². The van der Waals surface area contributed by atoms with E-state index in [1.165, 1.54) is 44.9 Å². The highest BCUT2D eigenvalue weighted by Crippen LogP contribution is 2.58. The molecule has 18 heavy (non-hydrogen) atoms. The van der Waals surface area contributed by atoms with Gasteiger partial charge in [-0.05, 0) is 41.9 Å². The first-order valence-corrected chi connectivity index (χ1v) is 8.36. The molecule has 0 aliphatic heterocycles. The summed E-state index contributed by atoms with van der Waals surface area (Å²) in [7, 11) is 0. The Kier molecular flexibility index (Phi) is 6.21. The molecule has 1 aliphatic rings. The molecule has 1 rings (SSSR count). The van der Waals surface area contributed by atoms with E-state index in [1.54, 1.807) is 0 Å². The Morgan fingerprint density at radius 1 is 0.944 bits per heavy atom. The van der Waals surface area contributed by atoms with Crippen molar-refractivity contribution < 1.29 is 0 Å². The Balaban J connectivity index is 2.04. The van der Waals surface area contributed by atoms with Gasteiger partial charge in [-0.2, -0.15) is 0 Å². The summed E-state index contributed by atoms with van der Waals surface area (Å²) in [6.45, 7) is 14.5. The maximum Gasteiger partial charge on any atom is -0.0272 e. The van der Waals surface area contributed by atoms with Crippen molar-refractivity contribution in [2.24, 2.45) is 29.1 Å². The van der Waals surface area contributed by atoms with Gasteiger partial charge in [0.05, 0.1) is 0 Å². The number of hydrogen-bond donors (Lipinski definition) is 0. The number of unbranched alkanes of at least 4 members (excludes halogenated alkanes) is 1. The molecule has 1 saturated carbocycles. The van der Waals surface area contributed by atoms with E-state index in [0.717, 1.165) is 23.7 Å². The highest BCUT2D eigenvalue weighted by atomic mass is 14.5. The van der Waals surface area contributed by atoms with Crippen LogP contribution in [0.4, 0.5) is 0 Å². The minimum atomic E-state index is 0.692. The summed E-state index contributed by atoms with van der Waals surface area (Å²) in [5, 5.41) is 0. The monoisotopic (exact) mass is 252 g/mol. The van der Waals surface area contributed by atoms with E-state index in [0.29, 0.717) is 5.41 Å². The first-order valence-electron chi connectivity index (χ1n) is 8.36. The van der Waals surface area contributed by atoms with E-state index < -0.39 is 0 Å². The molecular weight excluding hydrogens is 216 g/mol. The van der Waals surface area contributed by atoms with Crippen LogP contribution in [0.3, 0.4) is 0 Å². The second kappa shape index (κ2) is 6.96. The van der Waals surface area contributed by atoms with Crippen LogP contribution in [0.15, 0.2) is 0 Å². The second-order valence-corrected chi connectivity index (χ2v) is 7.87. The summed E-state index contributed by atoms with van der Waals surface area (Å²) in [6.07, 6.45) is 10.1. The van der Waals surface area contributed by atoms with Gasteiger partial charge in [-0.3, -0.25) is 0 Å². The van der Waals surface area contributed by atoms with Crippen molar-refractivity contribution >= 4 is 0 Å². The molecule has 0 aromatic carbocycles. The van der Waals surface area contributed by atoms with E-state index >= 15 is 0 Å². The fourth-order valence-electron chi connectivity index (χ4n) is 3.34. The molecule has 0 saturated heterocycles. The standard InChI is InChI=1S/C18H36/c1-14(2)9-7-8-10-15(3)11-12-16(4)18(6)13-17(18)5/h14-17H,7-13H2,1-6H3. The minimum Gasteiger partial charge on any atom is -0.0628 e. The van der Waals surface area contributed by atoms with Crippen molar-refractivity contribution in [2.75, 3.05) is 0 Å². The molecule has 0 heterocycles. The zero-order valence-corrected chi connectivity index (χ0v) is 13.8. The molecule has 0 aromatic heterocycles. The van der Waals surface area contributed by atoms with Crippen LogP contribution in [0.2, 0.25) is 0 Å². The van der Waals surface area contributed by atoms with Crippen LogP contribution in [0.5, 0.6) is 0 Å². The van der Waals surface area contributed by atoms with Gasteiger partial charge in [0.15, 0.2) is 0 Å². The van der Waals surface area contributed by atoms with Gasteiger partial charge in [-0.1, -0.05) is 73.6 Å². The Morgan fingerprint density at radius 3 is 2.00 bits per heavy atom. The first-order chi connectivity index (χ1) is 8.36. The summed E-state index contributed by atoms with van der Waals surface area (Å²) in [6, 6.07) is 0. The predicted octanol–water partition coefficient (Wildman–Crippen LogP) is 6.30. The van der Waals surface area contributed by atoms with Gasteiger partial charge >= 0.3 is 0 Å². The lowest BCUT2D eigenvalue weighted by atomic mass is 9.84. The van der Waals surface area contributed by atoms with Crippen molar-refractivity contribution in [2.45, 2.75) is 86.5 Å². The molecule has 0 radical (unpaired) electrons. The molecule has 4 unspecified atom stereocenters. The van der Waals surface area contributed by atoms with Crippen molar-refractivity contribution in [3.05, 3.63) is 0 Å². The van der Waals surface area contributed by atoms with Crippen molar-refractivity contribution in [1.29, 1.82) is 0 Å². The first kappa shape index (κ1) is 16.1. The lowest BCUT2D eigenvalue weighted by molar-refractivity contribution is 0.287. The molecule has 4 atom stereocenters. The number of rotatable bonds is 9. The second-order valence-electron chi connectivity index (χ2n) is 7.87. The summed E-state index contributed by atoms with van der Waals surface area (Å²) >= 11 is 0. The van der Waals surface area contributed by atoms with Gasteiger partial charge in [0.1, 0.15) is 0 Å². The third-order valence-electron chi connectivity index (χ3n) is 5.66. The third-order valence-corrected chi connectivity index (χ3v) is 5.66. The third kappa shape index (κ3) is 4.94. The van der Waals surface area contributed by atoms with Crippen molar-refractivity contribution in [3.63, 3.8) is 0 Å². The molecule has 108 valence electrons. The van der Waals surface area contributed by atoms with E-state index in [9.17, 15) is 0 Å².